The molecule has 18 heavy (non-hydrogen) atoms. The first kappa shape index (κ1) is 10.8. The molecule has 1 unspecified atom stereocenters. The first-order valence-electron chi connectivity index (χ1n) is 5.72. The molecule has 0 amide bonds. The molecule has 7 heteroatoms. The average Bonchev–Trinajstić information content (AvgIpc) is 2.94. The van der Waals surface area contributed by atoms with Crippen molar-refractivity contribution in [2.45, 2.75) is 25.3 Å². The maximum Gasteiger partial charge on any atom is 0.330 e. The Balaban J connectivity index is 2.05. The van der Waals surface area contributed by atoms with Gasteiger partial charge in [-0.05, 0) is 18.9 Å². The summed E-state index contributed by atoms with van der Waals surface area (Å²) in [6.45, 7) is 0. The van der Waals surface area contributed by atoms with Crippen LogP contribution < -0.4 is 5.73 Å². The Morgan fingerprint density at radius 1 is 1.61 bits per heavy atom. The maximum absolute atomic E-state index is 10.8. The highest BCUT2D eigenvalue weighted by Gasteiger charge is 2.29. The van der Waals surface area contributed by atoms with Crippen molar-refractivity contribution < 1.29 is 9.34 Å². The van der Waals surface area contributed by atoms with E-state index in [2.05, 4.69) is 5.10 Å². The van der Waals surface area contributed by atoms with E-state index in [0.29, 0.717) is 0 Å². The summed E-state index contributed by atoms with van der Waals surface area (Å²) in [4.78, 5) is 10.3. The monoisotopic (exact) mass is 248 g/mol. The lowest BCUT2D eigenvalue weighted by atomic mass is 9.93. The average molecular weight is 248 g/mol. The van der Waals surface area contributed by atoms with Gasteiger partial charge in [0.25, 0.3) is 0 Å². The van der Waals surface area contributed by atoms with Gasteiger partial charge >= 0.3 is 5.69 Å². The number of nitro groups is 1. The van der Waals surface area contributed by atoms with E-state index >= 15 is 0 Å². The van der Waals surface area contributed by atoms with E-state index in [1.165, 1.54) is 10.9 Å². The molecule has 1 aliphatic carbocycles. The summed E-state index contributed by atoms with van der Waals surface area (Å²) in [5.41, 5.74) is 6.66. The summed E-state index contributed by atoms with van der Waals surface area (Å²) in [6.07, 6.45) is 5.54. The lowest BCUT2D eigenvalue weighted by molar-refractivity contribution is -0.384. The first-order valence-corrected chi connectivity index (χ1v) is 5.72. The van der Waals surface area contributed by atoms with E-state index in [-0.39, 0.29) is 17.5 Å². The van der Waals surface area contributed by atoms with Crippen LogP contribution in [0, 0.1) is 10.1 Å². The first-order chi connectivity index (χ1) is 8.68. The van der Waals surface area contributed by atoms with Gasteiger partial charge in [-0.25, -0.2) is 4.68 Å². The van der Waals surface area contributed by atoms with Crippen molar-refractivity contribution in [2.24, 2.45) is 0 Å². The van der Waals surface area contributed by atoms with Crippen LogP contribution in [-0.4, -0.2) is 14.7 Å². The Labute approximate surface area is 102 Å². The largest absolute Gasteiger partial charge is 0.469 e. The fourth-order valence-corrected chi connectivity index (χ4v) is 2.47. The van der Waals surface area contributed by atoms with E-state index < -0.39 is 4.92 Å². The van der Waals surface area contributed by atoms with Crippen LogP contribution in [0.4, 0.5) is 11.5 Å². The minimum Gasteiger partial charge on any atom is -0.469 e. The van der Waals surface area contributed by atoms with Crippen LogP contribution in [0.1, 0.15) is 30.2 Å². The second-order valence-electron chi connectivity index (χ2n) is 4.32. The molecule has 2 heterocycles. The number of fused-ring (bicyclic) bond motifs is 1. The predicted octanol–water partition coefficient (Wildman–Crippen LogP) is 1.89. The highest BCUT2D eigenvalue weighted by atomic mass is 16.6. The van der Waals surface area contributed by atoms with Gasteiger partial charge in [0.05, 0.1) is 17.2 Å². The van der Waals surface area contributed by atoms with Crippen LogP contribution >= 0.6 is 0 Å². The minimum atomic E-state index is -0.516. The van der Waals surface area contributed by atoms with Crippen molar-refractivity contribution in [3.8, 4) is 0 Å². The van der Waals surface area contributed by atoms with Crippen molar-refractivity contribution in [3.63, 3.8) is 0 Å². The van der Waals surface area contributed by atoms with Crippen molar-refractivity contribution in [1.29, 1.82) is 0 Å². The van der Waals surface area contributed by atoms with Crippen molar-refractivity contribution in [1.82, 2.24) is 9.78 Å². The molecule has 0 fully saturated rings. The number of rotatable bonds is 2. The number of nitrogens with two attached hydrogens (primary N) is 1. The van der Waals surface area contributed by atoms with Crippen LogP contribution in [0.25, 0.3) is 0 Å². The quantitative estimate of drug-likeness (QED) is 0.646. The molecule has 3 rings (SSSR count). The third kappa shape index (κ3) is 1.47. The Morgan fingerprint density at radius 2 is 2.44 bits per heavy atom. The molecular weight excluding hydrogens is 236 g/mol. The topological polar surface area (TPSA) is 100 Å². The minimum absolute atomic E-state index is 0.0683. The van der Waals surface area contributed by atoms with Crippen LogP contribution in [0.3, 0.4) is 0 Å². The lowest BCUT2D eigenvalue weighted by Gasteiger charge is -2.22. The molecule has 2 aromatic rings. The molecule has 7 nitrogen and oxygen atoms in total. The Kier molecular flexibility index (Phi) is 2.32. The smallest absolute Gasteiger partial charge is 0.330 e. The zero-order valence-corrected chi connectivity index (χ0v) is 9.57. The SMILES string of the molecule is Nc1c([N+](=O)[O-])cnn1C1CCCc2occc21. The van der Waals surface area contributed by atoms with E-state index in [0.717, 1.165) is 30.6 Å². The fraction of sp³-hybridized carbons (Fsp3) is 0.364. The molecular formula is C11H12N4O3. The third-order valence-electron chi connectivity index (χ3n) is 3.33. The number of anilines is 1. The van der Waals surface area contributed by atoms with Crippen LogP contribution in [0.2, 0.25) is 0 Å². The number of nitrogen functional groups attached to an aromatic ring is 1. The van der Waals surface area contributed by atoms with Crippen molar-refractivity contribution >= 4 is 11.5 Å². The van der Waals surface area contributed by atoms with Crippen LogP contribution in [0.15, 0.2) is 22.9 Å². The number of hydrogen-bond acceptors (Lipinski definition) is 5. The molecule has 0 saturated carbocycles. The summed E-state index contributed by atoms with van der Waals surface area (Å²) >= 11 is 0. The van der Waals surface area contributed by atoms with E-state index in [1.54, 1.807) is 6.26 Å². The predicted molar refractivity (Wildman–Crippen MR) is 63.1 cm³/mol. The van der Waals surface area contributed by atoms with Gasteiger partial charge in [-0.15, -0.1) is 0 Å². The Bertz CT molecular complexity index is 601. The summed E-state index contributed by atoms with van der Waals surface area (Å²) in [7, 11) is 0. The van der Waals surface area contributed by atoms with Gasteiger partial charge < -0.3 is 10.2 Å². The summed E-state index contributed by atoms with van der Waals surface area (Å²) < 4.78 is 6.91. The Morgan fingerprint density at radius 3 is 3.17 bits per heavy atom. The molecule has 94 valence electrons. The van der Waals surface area contributed by atoms with Gasteiger partial charge in [0, 0.05) is 12.0 Å². The maximum atomic E-state index is 10.8. The molecule has 0 spiro atoms. The third-order valence-corrected chi connectivity index (χ3v) is 3.33. The van der Waals surface area contributed by atoms with E-state index in [9.17, 15) is 10.1 Å². The highest BCUT2D eigenvalue weighted by Crippen LogP contribution is 2.36. The summed E-state index contributed by atoms with van der Waals surface area (Å²) in [5.74, 6) is 1.02. The number of hydrogen-bond donors (Lipinski definition) is 1. The van der Waals surface area contributed by atoms with Crippen LogP contribution in [-0.2, 0) is 6.42 Å². The fourth-order valence-electron chi connectivity index (χ4n) is 2.47. The highest BCUT2D eigenvalue weighted by molar-refractivity contribution is 5.52. The van der Waals surface area contributed by atoms with Gasteiger partial charge in [0.1, 0.15) is 12.0 Å². The molecule has 2 aromatic heterocycles. The van der Waals surface area contributed by atoms with Gasteiger partial charge in [-0.3, -0.25) is 10.1 Å². The molecule has 1 aliphatic rings. The van der Waals surface area contributed by atoms with E-state index in [4.69, 9.17) is 10.2 Å². The zero-order valence-electron chi connectivity index (χ0n) is 9.57. The molecule has 0 saturated heterocycles. The summed E-state index contributed by atoms with van der Waals surface area (Å²) in [6, 6.07) is 1.81. The Hall–Kier alpha value is -2.31. The van der Waals surface area contributed by atoms with Gasteiger partial charge in [-0.2, -0.15) is 5.10 Å². The molecule has 0 bridgehead atoms. The van der Waals surface area contributed by atoms with Gasteiger partial charge in [-0.1, -0.05) is 0 Å². The molecule has 0 aromatic carbocycles. The molecule has 0 aliphatic heterocycles. The number of aryl methyl sites for hydroxylation is 1. The lowest BCUT2D eigenvalue weighted by Crippen LogP contribution is -2.18. The number of nitrogens with zero attached hydrogens (tertiary/aromatic N) is 3. The normalized spacial score (nSPS) is 18.6. The van der Waals surface area contributed by atoms with Crippen molar-refractivity contribution in [3.05, 3.63) is 40.0 Å². The standard InChI is InChI=1S/C11H12N4O3/c12-11-9(15(16)17)6-13-14(11)8-2-1-3-10-7(8)4-5-18-10/h4-6,8H,1-3,12H2. The van der Waals surface area contributed by atoms with Gasteiger partial charge in [0.15, 0.2) is 0 Å². The molecule has 1 atom stereocenters. The number of aromatic nitrogens is 2. The molecule has 2 N–H and O–H groups in total. The summed E-state index contributed by atoms with van der Waals surface area (Å²) in [5, 5.41) is 14.8. The van der Waals surface area contributed by atoms with Crippen LogP contribution in [0.5, 0.6) is 0 Å². The second-order valence-corrected chi connectivity index (χ2v) is 4.32. The van der Waals surface area contributed by atoms with E-state index in [1.807, 2.05) is 6.07 Å². The second kappa shape index (κ2) is 3.86. The molecule has 0 radical (unpaired) electrons. The van der Waals surface area contributed by atoms with Gasteiger partial charge in [0.2, 0.25) is 5.82 Å². The zero-order chi connectivity index (χ0) is 12.7. The van der Waals surface area contributed by atoms with Crippen molar-refractivity contribution in [2.75, 3.05) is 5.73 Å². The number of furan rings is 1.